The molecule has 0 amide bonds. The molecule has 0 saturated carbocycles. The van der Waals surface area contributed by atoms with E-state index in [2.05, 4.69) is 19.7 Å². The lowest BCUT2D eigenvalue weighted by Gasteiger charge is -2.27. The van der Waals surface area contributed by atoms with Crippen LogP contribution in [0.25, 0.3) is 0 Å². The Balaban J connectivity index is 2.11. The molecule has 2 heterocycles. The monoisotopic (exact) mass is 398 g/mol. The molecule has 0 radical (unpaired) electrons. The van der Waals surface area contributed by atoms with Gasteiger partial charge in [0.2, 0.25) is 21.9 Å². The number of anilines is 2. The maximum atomic E-state index is 12.2. The van der Waals surface area contributed by atoms with Gasteiger partial charge in [-0.3, -0.25) is 0 Å². The first-order valence-corrected chi connectivity index (χ1v) is 9.50. The fourth-order valence-electron chi connectivity index (χ4n) is 2.08. The largest absolute Gasteiger partial charge is 0.390 e. The lowest BCUT2D eigenvalue weighted by molar-refractivity contribution is -0.129. The number of morpholine rings is 1. The van der Waals surface area contributed by atoms with E-state index in [0.717, 1.165) is 0 Å². The molecule has 1 aromatic heterocycles. The van der Waals surface area contributed by atoms with Gasteiger partial charge in [0, 0.05) is 27.2 Å². The van der Waals surface area contributed by atoms with Gasteiger partial charge >= 0.3 is 6.18 Å². The topological polar surface area (TPSA) is 101 Å². The Morgan fingerprint density at radius 1 is 1.19 bits per heavy atom. The number of alkyl halides is 3. The SMILES string of the molecule is CN(C)c1nc(CNS(=O)(=O)CCC(F)(F)F)nc(N2CCOCC2)n1. The molecule has 1 saturated heterocycles. The van der Waals surface area contributed by atoms with E-state index in [-0.39, 0.29) is 12.4 Å². The van der Waals surface area contributed by atoms with Gasteiger partial charge in [-0.25, -0.2) is 13.1 Å². The second-order valence-electron chi connectivity index (χ2n) is 5.85. The molecule has 0 bridgehead atoms. The van der Waals surface area contributed by atoms with E-state index in [9.17, 15) is 21.6 Å². The van der Waals surface area contributed by atoms with Gasteiger partial charge in [0.05, 0.1) is 31.9 Å². The smallest absolute Gasteiger partial charge is 0.378 e. The maximum absolute atomic E-state index is 12.2. The summed E-state index contributed by atoms with van der Waals surface area (Å²) < 4.78 is 67.5. The van der Waals surface area contributed by atoms with Crippen molar-refractivity contribution in [2.75, 3.05) is 56.0 Å². The first-order valence-electron chi connectivity index (χ1n) is 7.85. The van der Waals surface area contributed by atoms with Crippen molar-refractivity contribution >= 4 is 21.9 Å². The number of ether oxygens (including phenoxy) is 1. The highest BCUT2D eigenvalue weighted by Crippen LogP contribution is 2.20. The van der Waals surface area contributed by atoms with E-state index in [4.69, 9.17) is 4.74 Å². The van der Waals surface area contributed by atoms with Crippen LogP contribution in [-0.4, -0.2) is 75.7 Å². The van der Waals surface area contributed by atoms with Crippen LogP contribution in [0.15, 0.2) is 0 Å². The van der Waals surface area contributed by atoms with E-state index in [1.807, 2.05) is 4.90 Å². The van der Waals surface area contributed by atoms with Crippen LogP contribution in [0, 0.1) is 0 Å². The van der Waals surface area contributed by atoms with Crippen molar-refractivity contribution in [2.24, 2.45) is 0 Å². The van der Waals surface area contributed by atoms with Crippen LogP contribution in [0.1, 0.15) is 12.2 Å². The normalized spacial score (nSPS) is 16.0. The van der Waals surface area contributed by atoms with Crippen molar-refractivity contribution in [3.63, 3.8) is 0 Å². The van der Waals surface area contributed by atoms with Crippen LogP contribution in [0.4, 0.5) is 25.1 Å². The van der Waals surface area contributed by atoms with E-state index in [0.29, 0.717) is 38.2 Å². The van der Waals surface area contributed by atoms with Crippen molar-refractivity contribution in [1.82, 2.24) is 19.7 Å². The number of sulfonamides is 1. The molecule has 148 valence electrons. The molecular formula is C13H21F3N6O3S. The highest BCUT2D eigenvalue weighted by atomic mass is 32.2. The molecule has 26 heavy (non-hydrogen) atoms. The maximum Gasteiger partial charge on any atom is 0.390 e. The number of hydrogen-bond donors (Lipinski definition) is 1. The van der Waals surface area contributed by atoms with Crippen molar-refractivity contribution in [2.45, 2.75) is 19.1 Å². The van der Waals surface area contributed by atoms with Gasteiger partial charge in [0.1, 0.15) is 0 Å². The molecular weight excluding hydrogens is 377 g/mol. The van der Waals surface area contributed by atoms with E-state index in [1.165, 1.54) is 0 Å². The summed E-state index contributed by atoms with van der Waals surface area (Å²) in [6.45, 7) is 1.87. The molecule has 1 fully saturated rings. The van der Waals surface area contributed by atoms with Gasteiger partial charge in [-0.1, -0.05) is 0 Å². The average Bonchev–Trinajstić information content (AvgIpc) is 2.58. The number of halogens is 3. The van der Waals surface area contributed by atoms with Gasteiger partial charge in [0.25, 0.3) is 0 Å². The lowest BCUT2D eigenvalue weighted by atomic mass is 10.4. The van der Waals surface area contributed by atoms with E-state index < -0.39 is 28.4 Å². The van der Waals surface area contributed by atoms with Gasteiger partial charge in [-0.15, -0.1) is 0 Å². The fourth-order valence-corrected chi connectivity index (χ4v) is 3.07. The third-order valence-corrected chi connectivity index (χ3v) is 4.78. The summed E-state index contributed by atoms with van der Waals surface area (Å²) >= 11 is 0. The molecule has 0 spiro atoms. The second kappa shape index (κ2) is 8.31. The van der Waals surface area contributed by atoms with Gasteiger partial charge < -0.3 is 14.5 Å². The van der Waals surface area contributed by atoms with Crippen molar-refractivity contribution in [1.29, 1.82) is 0 Å². The number of rotatable bonds is 7. The predicted octanol–water partition coefficient (Wildman–Crippen LogP) is 0.146. The number of aromatic nitrogens is 3. The minimum absolute atomic E-state index is 0.126. The zero-order chi connectivity index (χ0) is 19.4. The van der Waals surface area contributed by atoms with Crippen LogP contribution >= 0.6 is 0 Å². The summed E-state index contributed by atoms with van der Waals surface area (Å²) in [7, 11) is -0.665. The van der Waals surface area contributed by atoms with Crippen LogP contribution in [0.2, 0.25) is 0 Å². The Bertz CT molecular complexity index is 708. The lowest BCUT2D eigenvalue weighted by Crippen LogP contribution is -2.38. The molecule has 1 aromatic rings. The average molecular weight is 398 g/mol. The number of nitrogens with zero attached hydrogens (tertiary/aromatic N) is 5. The summed E-state index contributed by atoms with van der Waals surface area (Å²) in [5, 5.41) is 0. The zero-order valence-electron chi connectivity index (χ0n) is 14.5. The Labute approximate surface area is 149 Å². The highest BCUT2D eigenvalue weighted by Gasteiger charge is 2.30. The summed E-state index contributed by atoms with van der Waals surface area (Å²) in [6, 6.07) is 0. The first-order chi connectivity index (χ1) is 12.1. The highest BCUT2D eigenvalue weighted by molar-refractivity contribution is 7.89. The molecule has 0 aromatic carbocycles. The molecule has 1 aliphatic heterocycles. The minimum atomic E-state index is -4.54. The van der Waals surface area contributed by atoms with E-state index >= 15 is 0 Å². The standard InChI is InChI=1S/C13H21F3N6O3S/c1-21(2)11-18-10(9-17-26(23,24)8-3-13(14,15)16)19-12(20-11)22-4-6-25-7-5-22/h17H,3-9H2,1-2H3. The Morgan fingerprint density at radius 3 is 2.42 bits per heavy atom. The summed E-state index contributed by atoms with van der Waals surface area (Å²) in [6.07, 6.45) is -5.95. The summed E-state index contributed by atoms with van der Waals surface area (Å²) in [5.74, 6) is -0.221. The molecule has 2 rings (SSSR count). The van der Waals surface area contributed by atoms with E-state index in [1.54, 1.807) is 19.0 Å². The molecule has 0 aliphatic carbocycles. The van der Waals surface area contributed by atoms with Gasteiger partial charge in [0.15, 0.2) is 5.82 Å². The third-order valence-electron chi connectivity index (χ3n) is 3.46. The van der Waals surface area contributed by atoms with Crippen LogP contribution in [-0.2, 0) is 21.3 Å². The molecule has 1 aliphatic rings. The Kier molecular flexibility index (Phi) is 6.58. The predicted molar refractivity (Wildman–Crippen MR) is 88.5 cm³/mol. The van der Waals surface area contributed by atoms with Gasteiger partial charge in [-0.05, 0) is 0 Å². The number of nitrogens with one attached hydrogen (secondary N) is 1. The fraction of sp³-hybridized carbons (Fsp3) is 0.769. The van der Waals surface area contributed by atoms with Crippen LogP contribution in [0.3, 0.4) is 0 Å². The molecule has 0 unspecified atom stereocenters. The molecule has 13 heteroatoms. The number of hydrogen-bond acceptors (Lipinski definition) is 8. The molecule has 1 N–H and O–H groups in total. The van der Waals surface area contributed by atoms with Crippen LogP contribution in [0.5, 0.6) is 0 Å². The van der Waals surface area contributed by atoms with Crippen molar-refractivity contribution in [3.8, 4) is 0 Å². The van der Waals surface area contributed by atoms with Crippen molar-refractivity contribution in [3.05, 3.63) is 5.82 Å². The summed E-state index contributed by atoms with van der Waals surface area (Å²) in [4.78, 5) is 16.2. The zero-order valence-corrected chi connectivity index (χ0v) is 15.3. The second-order valence-corrected chi connectivity index (χ2v) is 7.78. The first kappa shape index (κ1) is 20.6. The van der Waals surface area contributed by atoms with Crippen molar-refractivity contribution < 1.29 is 26.3 Å². The van der Waals surface area contributed by atoms with Gasteiger partial charge in [-0.2, -0.15) is 28.1 Å². The molecule has 0 atom stereocenters. The third kappa shape index (κ3) is 6.53. The van der Waals surface area contributed by atoms with Crippen LogP contribution < -0.4 is 14.5 Å². The Morgan fingerprint density at radius 2 is 1.85 bits per heavy atom. The summed E-state index contributed by atoms with van der Waals surface area (Å²) in [5.41, 5.74) is 0. The Hall–Kier alpha value is -1.73. The molecule has 9 nitrogen and oxygen atoms in total. The minimum Gasteiger partial charge on any atom is -0.378 e. The quantitative estimate of drug-likeness (QED) is 0.693.